The number of carbonyl (C=O) groups is 4. The number of amides is 2. The van der Waals surface area contributed by atoms with Gasteiger partial charge in [-0.15, -0.1) is 0 Å². The first-order chi connectivity index (χ1) is 16.2. The molecule has 1 aromatic heterocycles. The number of hydrogen-bond acceptors (Lipinski definition) is 11. The number of nitrogen functional groups attached to an aromatic ring is 1. The third-order valence-electron chi connectivity index (χ3n) is 5.07. The Morgan fingerprint density at radius 3 is 2.27 bits per heavy atom. The number of fused-ring (bicyclic) bond motifs is 1. The Morgan fingerprint density at radius 2 is 1.75 bits per heavy atom. The molecule has 0 bridgehead atoms. The molecule has 3 rings (SSSR count). The van der Waals surface area contributed by atoms with Crippen LogP contribution in [0.25, 0.3) is 0 Å². The number of aromatic nitrogens is 2. The van der Waals surface area contributed by atoms with Crippen LogP contribution in [0, 0.1) is 0 Å². The smallest absolute Gasteiger partial charge is 0.857 e. The van der Waals surface area contributed by atoms with Crippen LogP contribution in [0.15, 0.2) is 24.3 Å². The standard InChI is InChI=1S/C20H23N7O7.Ca.5H2O/c21-20-25-16-15(18(32)26-20)27(9-28)12(8-23-16)7-22-11-3-1-10(2-4-11)17(31)24-13(19(33)34)5-6-14(29)30;;;;;;/h1-4,9,12-13,22H,5-8H2,(H,24,31)(H,29,30)(H,33,34)(H4,21,23,25,26,32);;5*1H2/q;+2;;;;;/p-2/t12?,13-;;;;;;/m0....../s1. The van der Waals surface area contributed by atoms with Crippen LogP contribution in [-0.2, 0) is 14.4 Å². The van der Waals surface area contributed by atoms with Crippen molar-refractivity contribution in [2.45, 2.75) is 24.9 Å². The van der Waals surface area contributed by atoms with Gasteiger partial charge in [0.15, 0.2) is 5.82 Å². The quantitative estimate of drug-likeness (QED) is 0.125. The van der Waals surface area contributed by atoms with E-state index in [2.05, 4.69) is 25.9 Å². The average molecular weight is 602 g/mol. The number of nitrogens with zero attached hydrogens (tertiary/aromatic N) is 3. The van der Waals surface area contributed by atoms with Gasteiger partial charge in [0.05, 0.1) is 11.7 Å². The number of carboxylic acids is 2. The molecular formula is C20H31CaN7O12. The average Bonchev–Trinajstić information content (AvgIpc) is 2.79. The summed E-state index contributed by atoms with van der Waals surface area (Å²) in [4.78, 5) is 54.4. The van der Waals surface area contributed by atoms with Gasteiger partial charge in [-0.25, -0.2) is 9.78 Å². The monoisotopic (exact) mass is 601 g/mol. The second kappa shape index (κ2) is 19.5. The zero-order valence-corrected chi connectivity index (χ0v) is 23.1. The Labute approximate surface area is 256 Å². The molecule has 0 radical (unpaired) electrons. The number of benzene rings is 1. The SMILES string of the molecule is Nc1nc([O-])c2c(n1)NCC(CNc1ccc(C(=O)N[C@@H](CCC(=O)[O-])C(=O)O)cc1)N2C=O.O.O.O.O.O.[Ca+2]. The summed E-state index contributed by atoms with van der Waals surface area (Å²) in [6, 6.07) is 4.23. The fourth-order valence-corrected chi connectivity index (χ4v) is 3.35. The molecule has 20 heteroatoms. The minimum absolute atomic E-state index is 0. The normalized spacial score (nSPS) is 13.1. The molecule has 0 saturated heterocycles. The predicted molar refractivity (Wildman–Crippen MR) is 139 cm³/mol. The van der Waals surface area contributed by atoms with Crippen LogP contribution >= 0.6 is 0 Å². The van der Waals surface area contributed by atoms with Crippen molar-refractivity contribution in [3.8, 4) is 5.88 Å². The number of carbonyl (C=O) groups excluding carboxylic acids is 3. The Hall–Kier alpha value is -3.56. The second-order valence-electron chi connectivity index (χ2n) is 7.36. The van der Waals surface area contributed by atoms with Crippen molar-refractivity contribution in [2.24, 2.45) is 0 Å². The van der Waals surface area contributed by atoms with E-state index >= 15 is 0 Å². The Kier molecular flexibility index (Phi) is 21.2. The van der Waals surface area contributed by atoms with E-state index in [-0.39, 0.29) is 108 Å². The zero-order valence-electron chi connectivity index (χ0n) is 20.9. The van der Waals surface area contributed by atoms with Crippen molar-refractivity contribution in [1.82, 2.24) is 15.3 Å². The minimum atomic E-state index is -1.41. The van der Waals surface area contributed by atoms with E-state index < -0.39 is 42.2 Å². The zero-order chi connectivity index (χ0) is 24.8. The first-order valence-corrected chi connectivity index (χ1v) is 10.1. The summed E-state index contributed by atoms with van der Waals surface area (Å²) in [6.45, 7) is 0.530. The first-order valence-electron chi connectivity index (χ1n) is 10.1. The molecule has 1 aliphatic rings. The number of aliphatic carboxylic acids is 2. The second-order valence-corrected chi connectivity index (χ2v) is 7.36. The summed E-state index contributed by atoms with van der Waals surface area (Å²) >= 11 is 0. The molecule has 0 saturated carbocycles. The molecule has 1 aromatic carbocycles. The van der Waals surface area contributed by atoms with Crippen molar-refractivity contribution in [2.75, 3.05) is 34.4 Å². The van der Waals surface area contributed by atoms with Gasteiger partial charge < -0.3 is 74.1 Å². The molecule has 0 aliphatic carbocycles. The van der Waals surface area contributed by atoms with Crippen LogP contribution in [0.2, 0.25) is 0 Å². The molecule has 16 N–H and O–H groups in total. The Balaban J connectivity index is -0.00000108. The van der Waals surface area contributed by atoms with Crippen molar-refractivity contribution in [1.29, 1.82) is 0 Å². The van der Waals surface area contributed by atoms with Crippen LogP contribution in [0.4, 0.5) is 23.1 Å². The van der Waals surface area contributed by atoms with Gasteiger partial charge in [-0.05, 0) is 37.1 Å². The van der Waals surface area contributed by atoms with Crippen molar-refractivity contribution in [3.63, 3.8) is 0 Å². The summed E-state index contributed by atoms with van der Waals surface area (Å²) < 4.78 is 0. The maximum absolute atomic E-state index is 12.3. The van der Waals surface area contributed by atoms with Gasteiger partial charge in [-0.1, -0.05) is 0 Å². The molecule has 1 aliphatic heterocycles. The predicted octanol–water partition coefficient (Wildman–Crippen LogP) is -6.79. The van der Waals surface area contributed by atoms with Gasteiger partial charge in [-0.3, -0.25) is 9.59 Å². The first kappa shape index (κ1) is 43.5. The van der Waals surface area contributed by atoms with Crippen molar-refractivity contribution >= 4 is 85.1 Å². The van der Waals surface area contributed by atoms with Gasteiger partial charge >= 0.3 is 43.7 Å². The molecule has 40 heavy (non-hydrogen) atoms. The third kappa shape index (κ3) is 10.9. The van der Waals surface area contributed by atoms with E-state index in [1.807, 2.05) is 0 Å². The summed E-state index contributed by atoms with van der Waals surface area (Å²) in [5.74, 6) is -4.15. The Bertz CT molecular complexity index is 1110. The van der Waals surface area contributed by atoms with E-state index in [0.29, 0.717) is 12.1 Å². The molecule has 220 valence electrons. The van der Waals surface area contributed by atoms with Crippen LogP contribution < -0.4 is 36.8 Å². The maximum atomic E-state index is 12.3. The van der Waals surface area contributed by atoms with Gasteiger partial charge in [0.2, 0.25) is 12.4 Å². The van der Waals surface area contributed by atoms with E-state index in [4.69, 9.17) is 10.8 Å². The molecule has 2 atom stereocenters. The Morgan fingerprint density at radius 1 is 1.15 bits per heavy atom. The molecule has 2 aromatic rings. The van der Waals surface area contributed by atoms with E-state index in [0.717, 1.165) is 0 Å². The largest absolute Gasteiger partial charge is 2.00 e. The number of hydrogen-bond donors (Lipinski definition) is 5. The van der Waals surface area contributed by atoms with Gasteiger partial charge in [-0.2, -0.15) is 4.98 Å². The molecule has 19 nitrogen and oxygen atoms in total. The molecule has 0 spiro atoms. The molecule has 2 amide bonds. The molecule has 1 unspecified atom stereocenters. The third-order valence-corrected chi connectivity index (χ3v) is 5.07. The molecule has 0 fully saturated rings. The number of nitrogens with two attached hydrogens (primary N) is 1. The van der Waals surface area contributed by atoms with E-state index in [1.54, 1.807) is 12.1 Å². The molecular weight excluding hydrogens is 570 g/mol. The van der Waals surface area contributed by atoms with E-state index in [9.17, 15) is 29.4 Å². The topological polar surface area (TPSA) is 383 Å². The molecule has 2 heterocycles. The number of carboxylic acid groups (broad SMARTS) is 2. The van der Waals surface area contributed by atoms with Crippen LogP contribution in [0.3, 0.4) is 0 Å². The maximum Gasteiger partial charge on any atom is 2.00 e. The number of anilines is 4. The minimum Gasteiger partial charge on any atom is -0.857 e. The number of nitrogens with one attached hydrogen (secondary N) is 3. The summed E-state index contributed by atoms with van der Waals surface area (Å²) in [5, 5.41) is 40.2. The van der Waals surface area contributed by atoms with Gasteiger partial charge in [0.1, 0.15) is 6.04 Å². The van der Waals surface area contributed by atoms with Crippen LogP contribution in [0.5, 0.6) is 5.88 Å². The summed E-state index contributed by atoms with van der Waals surface area (Å²) in [5.41, 5.74) is 6.24. The van der Waals surface area contributed by atoms with E-state index in [1.165, 1.54) is 17.0 Å². The van der Waals surface area contributed by atoms with Crippen LogP contribution in [0.1, 0.15) is 23.2 Å². The number of rotatable bonds is 10. The fraction of sp³-hybridized carbons (Fsp3) is 0.300. The van der Waals surface area contributed by atoms with Crippen molar-refractivity contribution in [3.05, 3.63) is 29.8 Å². The van der Waals surface area contributed by atoms with Crippen LogP contribution in [-0.4, -0.2) is 130 Å². The summed E-state index contributed by atoms with van der Waals surface area (Å²) in [7, 11) is 0. The van der Waals surface area contributed by atoms with Gasteiger partial charge in [0, 0.05) is 36.2 Å². The van der Waals surface area contributed by atoms with Crippen molar-refractivity contribution < 1.29 is 61.9 Å². The van der Waals surface area contributed by atoms with Gasteiger partial charge in [0.25, 0.3) is 5.91 Å². The fourth-order valence-electron chi connectivity index (χ4n) is 3.35. The summed E-state index contributed by atoms with van der Waals surface area (Å²) in [6.07, 6.45) is -0.303.